The van der Waals surface area contributed by atoms with Gasteiger partial charge in [-0.15, -0.1) is 0 Å². The minimum atomic E-state index is -0.119. The molecule has 8 aliphatic rings. The van der Waals surface area contributed by atoms with Crippen LogP contribution in [-0.2, 0) is 9.47 Å². The fourth-order valence-corrected chi connectivity index (χ4v) is 27.8. The number of piperidine rings is 5. The van der Waals surface area contributed by atoms with Gasteiger partial charge in [-0.3, -0.25) is 0 Å². The number of pyridine rings is 1. The minimum Gasteiger partial charge on any atom is -0.379 e. The topological polar surface area (TPSA) is 367 Å². The van der Waals surface area contributed by atoms with Gasteiger partial charge in [0, 0.05) is 124 Å². The van der Waals surface area contributed by atoms with E-state index in [-0.39, 0.29) is 40.0 Å². The van der Waals surface area contributed by atoms with Crippen LogP contribution in [0.2, 0.25) is 50.2 Å². The standard InChI is InChI=1S/C22H25Cl2N5OS.C21H24Cl2N6S.C20H22Cl2N6OS.C19H22Cl2N6S.C18H20Cl2N6S/c1-13-10-17(28-8-6-22(7-9-28)11-30-14(2)20(22)25)29-21(26-12-27-29)19(13)31-16-5-3-4-15(23)18(16)24;1-13-18(30-15-5-2-4-14(22)17(15)23)19-25-12-26-29(19)20(27-13)28-10-8-21(9-11-28)7-3-6-16(21)24;1-12-17(30-14-4-2-3-13(21)16(14)22)18-24-11-25-28(18)19(26-12)27-7-5-20(6-8-27)10-29-9-15(20)23;1-12-16(28-14-5-3-4-13(20)15(14)21)17-23-11-24-27(17)18(25-12)26-8-6-19(2,10-22)7-9-26;1-11-15(27-13-5-3-4-12(19)14(13)20)16-22-10-23-26(16)17(24-11)25-8-6-18(2,21)7-9-25/h3-5,10,12,14,20H,6-9,11,25H2,1-2H3;2,4-5,12,16H,3,6-11,24H2,1H3;2-4,11,15H,5-10,23H2,1H3;3-5,11H,6-10,22H2,1-2H3;3-5,10H,6-9,21H2,1-2H3. The lowest BCUT2D eigenvalue weighted by molar-refractivity contribution is 0.0974. The molecule has 46 heteroatoms. The quantitative estimate of drug-likeness (QED) is 0.0600. The number of hydrogen-bond acceptors (Lipinski definition) is 31. The summed E-state index contributed by atoms with van der Waals surface area (Å²) >= 11 is 70.5. The average Bonchev–Trinajstić information content (AvgIpc) is 1.59. The maximum absolute atomic E-state index is 6.49. The number of ether oxygens (including phenoxy) is 2. The first-order valence-electron chi connectivity index (χ1n) is 48.6. The van der Waals surface area contributed by atoms with Crippen LogP contribution in [0.25, 0.3) is 28.2 Å². The van der Waals surface area contributed by atoms with Gasteiger partial charge in [0.1, 0.15) is 37.5 Å². The Hall–Kier alpha value is -7.71. The maximum atomic E-state index is 6.49. The second-order valence-corrected chi connectivity index (χ2v) is 48.6. The second kappa shape index (κ2) is 44.9. The summed E-state index contributed by atoms with van der Waals surface area (Å²) in [7, 11) is 0. The molecule has 17 heterocycles. The monoisotopic (exact) mass is 2260 g/mol. The highest BCUT2D eigenvalue weighted by atomic mass is 35.5. The Kier molecular flexibility index (Phi) is 32.8. The first-order chi connectivity index (χ1) is 70.1. The zero-order valence-electron chi connectivity index (χ0n) is 81.8. The van der Waals surface area contributed by atoms with Crippen LogP contribution in [0, 0.1) is 56.3 Å². The molecule has 0 radical (unpaired) electrons. The van der Waals surface area contributed by atoms with Crippen molar-refractivity contribution < 1.29 is 9.47 Å². The van der Waals surface area contributed by atoms with E-state index in [1.165, 1.54) is 59.9 Å². The fraction of sp³-hybridized carbons (Fsp3) is 0.440. The number of benzene rings is 5. The third-order valence-corrected chi connectivity index (χ3v) is 40.7. The number of aromatic nitrogens is 19. The lowest BCUT2D eigenvalue weighted by Gasteiger charge is -2.42. The largest absolute Gasteiger partial charge is 0.379 e. The summed E-state index contributed by atoms with van der Waals surface area (Å²) < 4.78 is 20.7. The van der Waals surface area contributed by atoms with Gasteiger partial charge in [0.25, 0.3) is 0 Å². The number of rotatable bonds is 16. The number of nitrogens with zero attached hydrogens (tertiary/aromatic N) is 24. The van der Waals surface area contributed by atoms with Crippen molar-refractivity contribution in [1.82, 2.24) is 92.9 Å². The molecule has 10 N–H and O–H groups in total. The summed E-state index contributed by atoms with van der Waals surface area (Å²) in [4.78, 5) is 62.7. The highest BCUT2D eigenvalue weighted by Gasteiger charge is 2.50. The van der Waals surface area contributed by atoms with Crippen LogP contribution in [0.1, 0.15) is 133 Å². The molecule has 0 bridgehead atoms. The Labute approximate surface area is 918 Å². The van der Waals surface area contributed by atoms with Gasteiger partial charge in [-0.1, -0.05) is 218 Å². The summed E-state index contributed by atoms with van der Waals surface area (Å²) in [5.74, 6) is 4.34. The molecular weight excluding hydrogens is 2150 g/mol. The van der Waals surface area contributed by atoms with Crippen LogP contribution in [0.3, 0.4) is 0 Å². The van der Waals surface area contributed by atoms with E-state index in [0.717, 1.165) is 284 Å². The maximum Gasteiger partial charge on any atom is 0.228 e. The number of hydrogen-bond donors (Lipinski definition) is 5. The Morgan fingerprint density at radius 3 is 0.993 bits per heavy atom. The molecule has 4 atom stereocenters. The summed E-state index contributed by atoms with van der Waals surface area (Å²) in [5.41, 5.74) is 40.7. The van der Waals surface area contributed by atoms with Crippen molar-refractivity contribution in [2.75, 3.05) is 116 Å². The summed E-state index contributed by atoms with van der Waals surface area (Å²) in [5, 5.41) is 27.7. The van der Waals surface area contributed by atoms with Crippen molar-refractivity contribution in [3.8, 4) is 0 Å². The van der Waals surface area contributed by atoms with Gasteiger partial charge < -0.3 is 62.6 Å². The molecule has 10 aromatic heterocycles. The summed E-state index contributed by atoms with van der Waals surface area (Å²) in [6.45, 7) is 28.4. The Balaban J connectivity index is 0.000000115. The van der Waals surface area contributed by atoms with Gasteiger partial charge in [0.2, 0.25) is 23.8 Å². The number of halogens is 10. The molecule has 7 saturated heterocycles. The number of fused-ring (bicyclic) bond motifs is 5. The average molecular weight is 2270 g/mol. The molecule has 15 aromatic rings. The summed E-state index contributed by atoms with van der Waals surface area (Å²) in [6.07, 6.45) is 21.8. The van der Waals surface area contributed by atoms with Crippen molar-refractivity contribution in [3.63, 3.8) is 0 Å². The molecule has 23 rings (SSSR count). The Morgan fingerprint density at radius 1 is 0.370 bits per heavy atom. The first kappa shape index (κ1) is 107. The van der Waals surface area contributed by atoms with Gasteiger partial charge in [0.05, 0.1) is 123 Å². The van der Waals surface area contributed by atoms with E-state index in [1.54, 1.807) is 78.2 Å². The molecule has 1 aliphatic carbocycles. The molecule has 31 nitrogen and oxygen atoms in total. The lowest BCUT2D eigenvalue weighted by Crippen LogP contribution is -2.51. The molecule has 1 saturated carbocycles. The van der Waals surface area contributed by atoms with E-state index in [9.17, 15) is 0 Å². The molecule has 7 aliphatic heterocycles. The van der Waals surface area contributed by atoms with E-state index >= 15 is 0 Å². The number of aryl methyl sites for hydroxylation is 5. The van der Waals surface area contributed by atoms with Gasteiger partial charge in [0.15, 0.2) is 28.2 Å². The Morgan fingerprint density at radius 2 is 0.678 bits per heavy atom. The third-order valence-electron chi connectivity index (χ3n) is 29.9. The molecule has 4 unspecified atom stereocenters. The first-order valence-corrected chi connectivity index (χ1v) is 56.4. The van der Waals surface area contributed by atoms with Gasteiger partial charge in [-0.2, -0.15) is 48.1 Å². The zero-order valence-corrected chi connectivity index (χ0v) is 93.4. The van der Waals surface area contributed by atoms with Crippen molar-refractivity contribution in [2.45, 2.75) is 218 Å². The van der Waals surface area contributed by atoms with E-state index in [4.69, 9.17) is 174 Å². The number of nitrogens with two attached hydrogens (primary N) is 5. The van der Waals surface area contributed by atoms with Crippen LogP contribution < -0.4 is 53.2 Å². The van der Waals surface area contributed by atoms with Crippen LogP contribution in [0.4, 0.5) is 29.6 Å². The van der Waals surface area contributed by atoms with Crippen LogP contribution in [0.15, 0.2) is 178 Å². The molecule has 8 fully saturated rings. The normalized spacial score (nSPS) is 19.9. The van der Waals surface area contributed by atoms with Gasteiger partial charge in [-0.05, 0) is 215 Å². The summed E-state index contributed by atoms with van der Waals surface area (Å²) in [6, 6.07) is 30.8. The van der Waals surface area contributed by atoms with E-state index in [1.807, 2.05) is 106 Å². The van der Waals surface area contributed by atoms with Crippen LogP contribution >= 0.6 is 175 Å². The van der Waals surface area contributed by atoms with Gasteiger partial charge in [-0.25, -0.2) is 44.9 Å². The predicted molar refractivity (Wildman–Crippen MR) is 591 cm³/mol. The number of anilines is 5. The smallest absolute Gasteiger partial charge is 0.228 e. The highest BCUT2D eigenvalue weighted by Crippen LogP contribution is 2.52. The molecule has 5 aromatic carbocycles. The van der Waals surface area contributed by atoms with Crippen LogP contribution in [0.5, 0.6) is 0 Å². The molecule has 770 valence electrons. The highest BCUT2D eigenvalue weighted by molar-refractivity contribution is 8.00. The molecule has 0 amide bonds. The van der Waals surface area contributed by atoms with Crippen molar-refractivity contribution in [3.05, 3.63) is 207 Å². The van der Waals surface area contributed by atoms with Crippen LogP contribution in [-0.4, -0.2) is 215 Å². The predicted octanol–water partition coefficient (Wildman–Crippen LogP) is 22.3. The molecule has 3 spiro atoms. The minimum absolute atomic E-state index is 0.0889. The SMILES string of the molecule is Cc1cc(N2CCC3(CC2)COC(C)C3N)n2ncnc2c1Sc1cccc(Cl)c1Cl.Cc1nc(N2CCC(C)(CN)CC2)n2ncnc2c1Sc1cccc(Cl)c1Cl.Cc1nc(N2CCC(C)(N)CC2)n2ncnc2c1Sc1cccc(Cl)c1Cl.Cc1nc(N2CCC3(CC2)COCC3N)n2ncnc2c1Sc1cccc(Cl)c1Cl.Cc1nc(N2CCC3(CCCC3N)CC2)n2ncnc2c1Sc1cccc(Cl)c1Cl. The van der Waals surface area contributed by atoms with Crippen molar-refractivity contribution in [1.29, 1.82) is 0 Å². The Bertz CT molecular complexity index is 7130. The fourth-order valence-electron chi connectivity index (χ4n) is 20.5. The van der Waals surface area contributed by atoms with E-state index in [2.05, 4.69) is 109 Å². The molecule has 146 heavy (non-hydrogen) atoms. The molecular formula is C100H113Cl10N29O2S5. The van der Waals surface area contributed by atoms with Crippen molar-refractivity contribution >= 4 is 233 Å². The zero-order chi connectivity index (χ0) is 103. The third kappa shape index (κ3) is 21.9. The van der Waals surface area contributed by atoms with Gasteiger partial charge >= 0.3 is 0 Å². The van der Waals surface area contributed by atoms with Crippen molar-refractivity contribution in [2.24, 2.45) is 50.3 Å². The second-order valence-electron chi connectivity index (χ2n) is 39.4. The van der Waals surface area contributed by atoms with E-state index in [0.29, 0.717) is 74.8 Å². The lowest BCUT2D eigenvalue weighted by atomic mass is 9.73. The van der Waals surface area contributed by atoms with E-state index < -0.39 is 0 Å².